The van der Waals surface area contributed by atoms with Gasteiger partial charge in [-0.15, -0.1) is 0 Å². The van der Waals surface area contributed by atoms with E-state index in [4.69, 9.17) is 21.7 Å². The molecule has 0 unspecified atom stereocenters. The van der Waals surface area contributed by atoms with Crippen LogP contribution in [0.5, 0.6) is 0 Å². The smallest absolute Gasteiger partial charge is 0.232 e. The van der Waals surface area contributed by atoms with Crippen molar-refractivity contribution in [1.82, 2.24) is 10.2 Å². The summed E-state index contributed by atoms with van der Waals surface area (Å²) in [5.41, 5.74) is 1.28. The number of halogens is 1. The summed E-state index contributed by atoms with van der Waals surface area (Å²) < 4.78 is 31.0. The molecule has 8 nitrogen and oxygen atoms in total. The molecular formula is C23H27ClN4O4S. The van der Waals surface area contributed by atoms with Gasteiger partial charge in [-0.2, -0.15) is 0 Å². The molecule has 10 heteroatoms. The quantitative estimate of drug-likeness (QED) is 0.557. The molecule has 2 aromatic rings. The maximum Gasteiger partial charge on any atom is 0.232 e. The van der Waals surface area contributed by atoms with Crippen molar-refractivity contribution in [3.63, 3.8) is 0 Å². The van der Waals surface area contributed by atoms with Gasteiger partial charge in [0.2, 0.25) is 16.8 Å². The SMILES string of the molecule is Cc1cccc(N(c2cccc([C@]3(C)CC(=O)N(C4CCOCC4)C(=N)N3)c2Cl)[SH](=O)=O)c1. The van der Waals surface area contributed by atoms with Gasteiger partial charge in [0, 0.05) is 19.3 Å². The van der Waals surface area contributed by atoms with E-state index in [2.05, 4.69) is 5.32 Å². The molecule has 1 amide bonds. The molecule has 2 aliphatic rings. The Labute approximate surface area is 200 Å². The minimum Gasteiger partial charge on any atom is -0.381 e. The number of nitrogens with zero attached hydrogens (tertiary/aromatic N) is 2. The zero-order valence-electron chi connectivity index (χ0n) is 18.5. The Kier molecular flexibility index (Phi) is 6.65. The first-order chi connectivity index (χ1) is 15.7. The summed E-state index contributed by atoms with van der Waals surface area (Å²) in [5.74, 6) is -0.146. The number of guanidine groups is 1. The van der Waals surface area contributed by atoms with Crippen molar-refractivity contribution in [3.05, 3.63) is 58.6 Å². The zero-order chi connectivity index (χ0) is 23.8. The molecule has 0 aliphatic carbocycles. The number of carbonyl (C=O) groups is 1. The molecule has 0 aromatic heterocycles. The molecule has 2 heterocycles. The fourth-order valence-electron chi connectivity index (χ4n) is 4.56. The summed E-state index contributed by atoms with van der Waals surface area (Å²) in [6.45, 7) is 4.82. The molecule has 2 saturated heterocycles. The second kappa shape index (κ2) is 9.32. The molecule has 33 heavy (non-hydrogen) atoms. The maximum absolute atomic E-state index is 13.1. The van der Waals surface area contributed by atoms with Gasteiger partial charge in [0.05, 0.1) is 28.4 Å². The number of rotatable bonds is 5. The fraction of sp³-hybridized carbons (Fsp3) is 0.391. The Morgan fingerprint density at radius 1 is 1.21 bits per heavy atom. The summed E-state index contributed by atoms with van der Waals surface area (Å²) in [4.78, 5) is 14.7. The van der Waals surface area contributed by atoms with Gasteiger partial charge >= 0.3 is 0 Å². The van der Waals surface area contributed by atoms with Crippen LogP contribution in [0.3, 0.4) is 0 Å². The molecule has 0 radical (unpaired) electrons. The van der Waals surface area contributed by atoms with Crippen molar-refractivity contribution in [1.29, 1.82) is 5.41 Å². The van der Waals surface area contributed by atoms with E-state index in [0.717, 1.165) is 5.56 Å². The highest BCUT2D eigenvalue weighted by Gasteiger charge is 2.43. The first kappa shape index (κ1) is 23.5. The average Bonchev–Trinajstić information content (AvgIpc) is 2.75. The highest BCUT2D eigenvalue weighted by Crippen LogP contribution is 2.41. The molecule has 176 valence electrons. The van der Waals surface area contributed by atoms with E-state index in [1.807, 2.05) is 13.0 Å². The van der Waals surface area contributed by atoms with Gasteiger partial charge in [-0.25, -0.2) is 12.7 Å². The van der Waals surface area contributed by atoms with E-state index in [1.165, 1.54) is 9.21 Å². The van der Waals surface area contributed by atoms with Crippen LogP contribution in [0, 0.1) is 12.3 Å². The largest absolute Gasteiger partial charge is 0.381 e. The lowest BCUT2D eigenvalue weighted by molar-refractivity contribution is -0.133. The number of ether oxygens (including phenoxy) is 1. The van der Waals surface area contributed by atoms with Crippen molar-refractivity contribution in [2.24, 2.45) is 0 Å². The summed E-state index contributed by atoms with van der Waals surface area (Å²) in [6.07, 6.45) is 1.46. The minimum atomic E-state index is -3.03. The maximum atomic E-state index is 13.1. The second-order valence-electron chi connectivity index (χ2n) is 8.62. The van der Waals surface area contributed by atoms with Crippen molar-refractivity contribution >= 4 is 45.7 Å². The first-order valence-corrected chi connectivity index (χ1v) is 12.3. The van der Waals surface area contributed by atoms with Gasteiger partial charge in [0.1, 0.15) is 0 Å². The number of nitrogens with one attached hydrogen (secondary N) is 2. The lowest BCUT2D eigenvalue weighted by Gasteiger charge is -2.45. The zero-order valence-corrected chi connectivity index (χ0v) is 20.2. The molecule has 4 rings (SSSR count). The normalized spacial score (nSPS) is 21.9. The van der Waals surface area contributed by atoms with Crippen molar-refractivity contribution in [2.75, 3.05) is 17.5 Å². The molecule has 2 aliphatic heterocycles. The number of anilines is 2. The summed E-state index contributed by atoms with van der Waals surface area (Å²) >= 11 is 6.78. The van der Waals surface area contributed by atoms with Gasteiger partial charge in [-0.3, -0.25) is 15.1 Å². The number of hydrogen-bond acceptors (Lipinski definition) is 5. The van der Waals surface area contributed by atoms with Crippen LogP contribution in [0.2, 0.25) is 5.02 Å². The van der Waals surface area contributed by atoms with E-state index in [9.17, 15) is 13.2 Å². The third-order valence-corrected chi connectivity index (χ3v) is 7.35. The van der Waals surface area contributed by atoms with Crippen molar-refractivity contribution in [2.45, 2.75) is 44.7 Å². The van der Waals surface area contributed by atoms with Crippen molar-refractivity contribution < 1.29 is 17.9 Å². The number of aryl methyl sites for hydroxylation is 1. The van der Waals surface area contributed by atoms with Crippen LogP contribution in [0.25, 0.3) is 0 Å². The third-order valence-electron chi connectivity index (χ3n) is 6.18. The van der Waals surface area contributed by atoms with E-state index in [-0.39, 0.29) is 29.4 Å². The minimum absolute atomic E-state index is 0.0209. The van der Waals surface area contributed by atoms with Gasteiger partial charge in [-0.1, -0.05) is 35.9 Å². The lowest BCUT2D eigenvalue weighted by atomic mass is 9.85. The van der Waals surface area contributed by atoms with Crippen molar-refractivity contribution in [3.8, 4) is 0 Å². The number of amides is 1. The molecule has 0 spiro atoms. The molecule has 2 N–H and O–H groups in total. The number of carbonyl (C=O) groups excluding carboxylic acids is 1. The van der Waals surface area contributed by atoms with Gasteiger partial charge in [0.25, 0.3) is 0 Å². The van der Waals surface area contributed by atoms with Gasteiger partial charge < -0.3 is 10.1 Å². The Morgan fingerprint density at radius 2 is 1.91 bits per heavy atom. The average molecular weight is 491 g/mol. The third kappa shape index (κ3) is 4.58. The Balaban J connectivity index is 1.69. The van der Waals surface area contributed by atoms with Crippen LogP contribution >= 0.6 is 11.6 Å². The summed E-state index contributed by atoms with van der Waals surface area (Å²) in [6, 6.07) is 12.2. The molecule has 2 aromatic carbocycles. The van der Waals surface area contributed by atoms with E-state index in [1.54, 1.807) is 43.3 Å². The fourth-order valence-corrected chi connectivity index (χ4v) is 5.69. The molecule has 0 bridgehead atoms. The predicted molar refractivity (Wildman–Crippen MR) is 129 cm³/mol. The molecule has 2 fully saturated rings. The van der Waals surface area contributed by atoms with E-state index in [0.29, 0.717) is 43.0 Å². The highest BCUT2D eigenvalue weighted by atomic mass is 35.5. The van der Waals surface area contributed by atoms with Crippen LogP contribution in [-0.2, 0) is 26.0 Å². The summed E-state index contributed by atoms with van der Waals surface area (Å²) in [5, 5.41) is 11.9. The predicted octanol–water partition coefficient (Wildman–Crippen LogP) is 3.46. The highest BCUT2D eigenvalue weighted by molar-refractivity contribution is 7.74. The van der Waals surface area contributed by atoms with E-state index < -0.39 is 16.4 Å². The monoisotopic (exact) mass is 490 g/mol. The van der Waals surface area contributed by atoms with Crippen LogP contribution in [-0.4, -0.2) is 44.4 Å². The molecule has 0 saturated carbocycles. The van der Waals surface area contributed by atoms with Gasteiger partial charge in [-0.05, 0) is 56.0 Å². The Hall–Kier alpha value is -2.62. The topological polar surface area (TPSA) is 103 Å². The summed E-state index contributed by atoms with van der Waals surface area (Å²) in [7, 11) is -3.03. The Bertz CT molecular complexity index is 1140. The second-order valence-corrected chi connectivity index (χ2v) is 9.87. The molecule has 1 atom stereocenters. The van der Waals surface area contributed by atoms with Gasteiger partial charge in [0.15, 0.2) is 5.96 Å². The van der Waals surface area contributed by atoms with Crippen LogP contribution in [0.4, 0.5) is 11.4 Å². The standard InChI is InChI=1S/C23H27ClN4O4S/c1-15-5-3-6-17(13-15)28(33(30)31)19-8-4-7-18(21(19)24)23(2)14-20(29)27(22(25)26-23)16-9-11-32-12-10-16/h3-8,13,16,33H,9-12,14H2,1-2H3,(H2,25,26)/t23-/m0/s1. The first-order valence-electron chi connectivity index (χ1n) is 10.8. The lowest BCUT2D eigenvalue weighted by Crippen LogP contribution is -2.62. The number of hydrogen-bond donors (Lipinski definition) is 3. The van der Waals surface area contributed by atoms with Crippen LogP contribution in [0.15, 0.2) is 42.5 Å². The van der Waals surface area contributed by atoms with Crippen LogP contribution < -0.4 is 9.62 Å². The number of thiol groups is 1. The van der Waals surface area contributed by atoms with Crippen LogP contribution in [0.1, 0.15) is 37.3 Å². The number of benzene rings is 2. The Morgan fingerprint density at radius 3 is 2.55 bits per heavy atom. The molecular weight excluding hydrogens is 464 g/mol. The van der Waals surface area contributed by atoms with E-state index >= 15 is 0 Å².